The fourth-order valence-electron chi connectivity index (χ4n) is 9.30. The van der Waals surface area contributed by atoms with E-state index in [1.807, 2.05) is 12.1 Å². The van der Waals surface area contributed by atoms with E-state index in [1.54, 1.807) is 102 Å². The van der Waals surface area contributed by atoms with Crippen molar-refractivity contribution in [3.63, 3.8) is 0 Å². The maximum absolute atomic E-state index is 14.8. The van der Waals surface area contributed by atoms with Gasteiger partial charge in [0, 0.05) is 40.3 Å². The van der Waals surface area contributed by atoms with Crippen LogP contribution in [0, 0.1) is 11.3 Å². The molecule has 3 aromatic rings. The SMILES string of the molecule is COc1ccc(CC[C@H]2OC(=O)[C@@H]3CCCCN3C(=O)C(=O)C(C)(C)COC(=O)/C=C\CCN(C)C(=O)[C@H](C(C)C)NC(=O)[C@H](COC(C)(C)C)N(C)C(=O)C(c3ccccc3)NC(=O)[C@H](C)N(C)C(=O)COc3cccc2c3)cc1OC. The van der Waals surface area contributed by atoms with Gasteiger partial charge in [-0.15, -0.1) is 0 Å². The number of aryl methyl sites for hydroxylation is 1. The van der Waals surface area contributed by atoms with Gasteiger partial charge in [0.1, 0.15) is 48.7 Å². The summed E-state index contributed by atoms with van der Waals surface area (Å²) in [5.41, 5.74) is -0.547. The lowest BCUT2D eigenvalue weighted by atomic mass is 9.87. The Balaban J connectivity index is 1.50. The minimum Gasteiger partial charge on any atom is -0.493 e. The topological polar surface area (TPSA) is 246 Å². The number of piperidine rings is 1. The molecule has 1 saturated heterocycles. The lowest BCUT2D eigenvalue weighted by Crippen LogP contribution is -2.59. The summed E-state index contributed by atoms with van der Waals surface area (Å²) < 4.78 is 34.9. The Morgan fingerprint density at radius 3 is 2.11 bits per heavy atom. The van der Waals surface area contributed by atoms with Gasteiger partial charge in [-0.25, -0.2) is 9.59 Å². The van der Waals surface area contributed by atoms with Crippen molar-refractivity contribution in [1.29, 1.82) is 0 Å². The highest BCUT2D eigenvalue weighted by atomic mass is 16.5. The van der Waals surface area contributed by atoms with Gasteiger partial charge in [-0.2, -0.15) is 0 Å². The molecule has 0 spiro atoms. The van der Waals surface area contributed by atoms with Crippen LogP contribution in [0.1, 0.15) is 116 Å². The van der Waals surface area contributed by atoms with Crippen molar-refractivity contribution in [2.24, 2.45) is 11.3 Å². The van der Waals surface area contributed by atoms with Gasteiger partial charge in [0.25, 0.3) is 11.8 Å². The van der Waals surface area contributed by atoms with Gasteiger partial charge in [-0.05, 0) is 127 Å². The highest BCUT2D eigenvalue weighted by molar-refractivity contribution is 6.38. The summed E-state index contributed by atoms with van der Waals surface area (Å²) in [7, 11) is 7.42. The molecule has 452 valence electrons. The number of cyclic esters (lactones) is 2. The van der Waals surface area contributed by atoms with Crippen LogP contribution in [0.4, 0.5) is 0 Å². The second kappa shape index (κ2) is 30.0. The standard InChI is InChI=1S/C62H84N6O15/c1-39(2)52-57(74)65(9)32-19-18-27-51(70)81-38-62(7,8)54(71)59(76)68-33-20-17-26-45(68)60(77)83-47(30-28-41-29-31-48(78-12)49(34-41)79-13)43-24-21-25-44(35-43)80-37-50(69)66(10)40(3)55(72)64-53(42-22-15-14-16-23-42)58(75)67(11)46(56(73)63-52)36-82-61(4,5)6/h14-16,18,21-25,27,29,31,34-35,39-40,45-47,52-53H,17,19-20,26,28,30,32-33,36-38H2,1-13H3,(H,63,73)(H,64,72)/b27-18-/t40-,45-,46-,47+,52-,53?/m0/s1. The summed E-state index contributed by atoms with van der Waals surface area (Å²) in [5.74, 6) is -5.64. The fourth-order valence-corrected chi connectivity index (χ4v) is 9.30. The van der Waals surface area contributed by atoms with Crippen LogP contribution in [0.2, 0.25) is 0 Å². The number of hydrogen-bond donors (Lipinski definition) is 2. The zero-order chi connectivity index (χ0) is 61.3. The number of esters is 2. The Morgan fingerprint density at radius 2 is 1.45 bits per heavy atom. The molecule has 0 aliphatic carbocycles. The van der Waals surface area contributed by atoms with Crippen molar-refractivity contribution >= 4 is 53.2 Å². The Bertz CT molecular complexity index is 2810. The monoisotopic (exact) mass is 1150 g/mol. The van der Waals surface area contributed by atoms with Gasteiger partial charge in [0.15, 0.2) is 18.1 Å². The van der Waals surface area contributed by atoms with Crippen LogP contribution in [-0.4, -0.2) is 171 Å². The van der Waals surface area contributed by atoms with E-state index in [1.165, 1.54) is 74.8 Å². The third-order valence-corrected chi connectivity index (χ3v) is 14.7. The molecular formula is C62H84N6O15. The van der Waals surface area contributed by atoms with Gasteiger partial charge in [0.2, 0.25) is 29.4 Å². The first-order valence-electron chi connectivity index (χ1n) is 28.1. The molecule has 2 heterocycles. The van der Waals surface area contributed by atoms with Gasteiger partial charge >= 0.3 is 11.9 Å². The van der Waals surface area contributed by atoms with Crippen LogP contribution in [-0.2, 0) is 63.8 Å². The average molecular weight is 1150 g/mol. The summed E-state index contributed by atoms with van der Waals surface area (Å²) in [5, 5.41) is 5.65. The van der Waals surface area contributed by atoms with Crippen molar-refractivity contribution in [1.82, 2.24) is 30.2 Å². The average Bonchev–Trinajstić information content (AvgIpc) is 3.47. The molecule has 21 heteroatoms. The van der Waals surface area contributed by atoms with Crippen LogP contribution in [0.3, 0.4) is 0 Å². The van der Waals surface area contributed by atoms with Gasteiger partial charge < -0.3 is 58.7 Å². The van der Waals surface area contributed by atoms with E-state index in [4.69, 9.17) is 28.4 Å². The molecule has 0 radical (unpaired) electrons. The van der Waals surface area contributed by atoms with Crippen LogP contribution in [0.5, 0.6) is 17.2 Å². The van der Waals surface area contributed by atoms with Crippen LogP contribution >= 0.6 is 0 Å². The zero-order valence-corrected chi connectivity index (χ0v) is 50.3. The molecule has 2 aliphatic rings. The highest BCUT2D eigenvalue weighted by Crippen LogP contribution is 2.33. The number of likely N-dealkylation sites (N-methyl/N-ethyl adjacent to an activating group) is 3. The Morgan fingerprint density at radius 1 is 0.759 bits per heavy atom. The van der Waals surface area contributed by atoms with Crippen molar-refractivity contribution in [2.75, 3.05) is 68.3 Å². The largest absolute Gasteiger partial charge is 0.493 e. The number of nitrogens with zero attached hydrogens (tertiary/aromatic N) is 4. The Labute approximate surface area is 487 Å². The summed E-state index contributed by atoms with van der Waals surface area (Å²) in [4.78, 5) is 132. The van der Waals surface area contributed by atoms with E-state index in [0.29, 0.717) is 41.9 Å². The molecule has 6 atom stereocenters. The number of ketones is 1. The highest BCUT2D eigenvalue weighted by Gasteiger charge is 2.43. The maximum atomic E-state index is 14.8. The lowest BCUT2D eigenvalue weighted by Gasteiger charge is -2.36. The quantitative estimate of drug-likeness (QED) is 0.192. The number of nitrogens with one attached hydrogen (secondary N) is 2. The lowest BCUT2D eigenvalue weighted by molar-refractivity contribution is -0.165. The van der Waals surface area contributed by atoms with Crippen molar-refractivity contribution in [3.8, 4) is 17.2 Å². The first-order chi connectivity index (χ1) is 39.2. The third-order valence-electron chi connectivity index (χ3n) is 14.7. The molecule has 21 nitrogen and oxygen atoms in total. The third kappa shape index (κ3) is 18.3. The summed E-state index contributed by atoms with van der Waals surface area (Å²) >= 11 is 0. The van der Waals surface area contributed by atoms with E-state index in [9.17, 15) is 43.2 Å². The normalized spacial score (nSPS) is 23.5. The molecule has 1 fully saturated rings. The summed E-state index contributed by atoms with van der Waals surface area (Å²) in [6, 6.07) is 14.5. The van der Waals surface area contributed by atoms with Gasteiger partial charge in [0.05, 0.1) is 31.8 Å². The molecule has 3 aromatic carbocycles. The predicted molar refractivity (Wildman–Crippen MR) is 308 cm³/mol. The molecule has 6 amide bonds. The number of methoxy groups -OCH3 is 2. The van der Waals surface area contributed by atoms with Crippen molar-refractivity contribution in [3.05, 3.63) is 102 Å². The summed E-state index contributed by atoms with van der Waals surface area (Å²) in [6.07, 6.45) is 3.84. The molecule has 0 aromatic heterocycles. The molecule has 2 bridgehead atoms. The Hall–Kier alpha value is -7.81. The number of Topliss-reactive ketones (excluding diaryl/α,β-unsaturated/α-hetero) is 1. The van der Waals surface area contributed by atoms with Crippen LogP contribution < -0.4 is 24.8 Å². The number of amides is 6. The van der Waals surface area contributed by atoms with Crippen LogP contribution in [0.15, 0.2) is 84.9 Å². The molecule has 83 heavy (non-hydrogen) atoms. The fraction of sp³-hybridized carbons (Fsp3) is 0.532. The van der Waals surface area contributed by atoms with Crippen LogP contribution in [0.25, 0.3) is 0 Å². The van der Waals surface area contributed by atoms with E-state index in [0.717, 1.165) is 11.6 Å². The van der Waals surface area contributed by atoms with Crippen molar-refractivity contribution < 1.29 is 71.6 Å². The first-order valence-corrected chi connectivity index (χ1v) is 28.1. The van der Waals surface area contributed by atoms with E-state index in [-0.39, 0.29) is 44.7 Å². The van der Waals surface area contributed by atoms with E-state index < -0.39 is 120 Å². The van der Waals surface area contributed by atoms with E-state index >= 15 is 0 Å². The smallest absolute Gasteiger partial charge is 0.330 e. The van der Waals surface area contributed by atoms with Gasteiger partial charge in [-0.3, -0.25) is 33.6 Å². The number of fused-ring (bicyclic) bond motifs is 3. The summed E-state index contributed by atoms with van der Waals surface area (Å²) in [6.45, 7) is 12.2. The number of rotatable bonds is 9. The number of carbonyl (C=O) groups excluding carboxylic acids is 9. The van der Waals surface area contributed by atoms with E-state index in [2.05, 4.69) is 10.6 Å². The molecule has 2 N–H and O–H groups in total. The van der Waals surface area contributed by atoms with Crippen molar-refractivity contribution in [2.45, 2.75) is 136 Å². The number of carbonyl (C=O) groups is 9. The second-order valence-electron chi connectivity index (χ2n) is 22.9. The molecule has 5 rings (SSSR count). The first kappa shape index (κ1) is 66.0. The van der Waals surface area contributed by atoms with Gasteiger partial charge in [-0.1, -0.05) is 68.5 Å². The molecular weight excluding hydrogens is 1070 g/mol. The minimum atomic E-state index is -1.50. The predicted octanol–water partition coefficient (Wildman–Crippen LogP) is 5.72. The number of ether oxygens (including phenoxy) is 6. The Kier molecular flexibility index (Phi) is 23.8. The number of benzene rings is 3. The zero-order valence-electron chi connectivity index (χ0n) is 50.3. The maximum Gasteiger partial charge on any atom is 0.330 e. The molecule has 2 aliphatic heterocycles. The molecule has 0 saturated carbocycles. The second-order valence-corrected chi connectivity index (χ2v) is 22.9. The minimum absolute atomic E-state index is 0.0998. The molecule has 1 unspecified atom stereocenters. The number of hydrogen-bond acceptors (Lipinski definition) is 15.